The Labute approximate surface area is 183 Å². The molecule has 1 aliphatic rings. The molecular weight excluding hydrogens is 499 g/mol. The Bertz CT molecular complexity index is 647. The molecule has 156 valence electrons. The molecule has 0 radical (unpaired) electrons. The summed E-state index contributed by atoms with van der Waals surface area (Å²) in [5.74, 6) is 0.981. The monoisotopic (exact) mass is 530 g/mol. The van der Waals surface area contributed by atoms with Gasteiger partial charge >= 0.3 is 0 Å². The van der Waals surface area contributed by atoms with Gasteiger partial charge in [-0.05, 0) is 30.7 Å². The van der Waals surface area contributed by atoms with E-state index in [2.05, 4.69) is 38.7 Å². The van der Waals surface area contributed by atoms with Gasteiger partial charge in [0.15, 0.2) is 5.96 Å². The number of hydrogen-bond donors (Lipinski definition) is 3. The molecule has 0 bridgehead atoms. The van der Waals surface area contributed by atoms with Crippen LogP contribution in [0.2, 0.25) is 0 Å². The smallest absolute Gasteiger partial charge is 0.213 e. The van der Waals surface area contributed by atoms with Gasteiger partial charge < -0.3 is 15.4 Å². The van der Waals surface area contributed by atoms with E-state index in [0.717, 1.165) is 32.4 Å². The highest BCUT2D eigenvalue weighted by Crippen LogP contribution is 2.19. The van der Waals surface area contributed by atoms with Gasteiger partial charge in [-0.3, -0.25) is 4.99 Å². The van der Waals surface area contributed by atoms with Crippen LogP contribution in [0, 0.1) is 0 Å². The van der Waals surface area contributed by atoms with Gasteiger partial charge in [0, 0.05) is 44.1 Å². The van der Waals surface area contributed by atoms with Crippen LogP contribution < -0.4 is 15.4 Å². The summed E-state index contributed by atoms with van der Waals surface area (Å²) in [4.78, 5) is 5.45. The van der Waals surface area contributed by atoms with Crippen LogP contribution in [0.3, 0.4) is 0 Å². The molecule has 1 fully saturated rings. The molecule has 10 heteroatoms. The Balaban J connectivity index is 0.00000364. The lowest BCUT2D eigenvalue weighted by atomic mass is 10.1. The van der Waals surface area contributed by atoms with E-state index in [0.29, 0.717) is 25.0 Å². The molecule has 3 N–H and O–H groups in total. The standard InChI is InChI=1S/C17H30N4O3S2.HI/c1-14(16-7-5-10-25-16)12-20-17(18-2)19-8-11-26(22,23)21-13-15-6-3-4-9-24-15;/h5,7,10,14-15,21H,3-4,6,8-9,11-13H2,1-2H3,(H2,18,19,20);1H. The van der Waals surface area contributed by atoms with E-state index in [1.54, 1.807) is 18.4 Å². The number of hydrogen-bond acceptors (Lipinski definition) is 5. The molecule has 2 rings (SSSR count). The summed E-state index contributed by atoms with van der Waals surface area (Å²) in [5, 5.41) is 8.36. The molecular formula is C17H31IN4O3S2. The zero-order valence-corrected chi connectivity index (χ0v) is 19.9. The summed E-state index contributed by atoms with van der Waals surface area (Å²) in [6, 6.07) is 4.15. The van der Waals surface area contributed by atoms with Gasteiger partial charge in [0.2, 0.25) is 10.0 Å². The minimum Gasteiger partial charge on any atom is -0.377 e. The summed E-state index contributed by atoms with van der Waals surface area (Å²) < 4.78 is 32.4. The molecule has 27 heavy (non-hydrogen) atoms. The minimum absolute atomic E-state index is 0. The molecule has 0 amide bonds. The maximum atomic E-state index is 12.1. The van der Waals surface area contributed by atoms with Gasteiger partial charge in [-0.2, -0.15) is 0 Å². The zero-order chi connectivity index (χ0) is 18.8. The summed E-state index contributed by atoms with van der Waals surface area (Å²) >= 11 is 1.73. The number of nitrogens with one attached hydrogen (secondary N) is 3. The lowest BCUT2D eigenvalue weighted by molar-refractivity contribution is 0.0200. The molecule has 0 saturated carbocycles. The molecule has 2 heterocycles. The van der Waals surface area contributed by atoms with Crippen molar-refractivity contribution in [2.45, 2.75) is 38.2 Å². The first kappa shape index (κ1) is 24.6. The van der Waals surface area contributed by atoms with E-state index in [1.165, 1.54) is 4.88 Å². The third kappa shape index (κ3) is 9.55. The number of ether oxygens (including phenoxy) is 1. The average Bonchev–Trinajstić information content (AvgIpc) is 3.18. The van der Waals surface area contributed by atoms with Gasteiger partial charge in [0.25, 0.3) is 0 Å². The molecule has 0 spiro atoms. The van der Waals surface area contributed by atoms with Gasteiger partial charge in [0.05, 0.1) is 11.9 Å². The maximum absolute atomic E-state index is 12.1. The lowest BCUT2D eigenvalue weighted by Gasteiger charge is -2.22. The average molecular weight is 530 g/mol. The van der Waals surface area contributed by atoms with Crippen molar-refractivity contribution in [2.75, 3.05) is 39.0 Å². The fourth-order valence-electron chi connectivity index (χ4n) is 2.71. The van der Waals surface area contributed by atoms with Crippen LogP contribution in [-0.2, 0) is 14.8 Å². The molecule has 1 aromatic rings. The Morgan fingerprint density at radius 1 is 1.41 bits per heavy atom. The number of rotatable bonds is 9. The molecule has 1 aliphatic heterocycles. The predicted molar refractivity (Wildman–Crippen MR) is 123 cm³/mol. The van der Waals surface area contributed by atoms with Crippen molar-refractivity contribution in [3.63, 3.8) is 0 Å². The van der Waals surface area contributed by atoms with E-state index in [9.17, 15) is 8.42 Å². The highest BCUT2D eigenvalue weighted by atomic mass is 127. The van der Waals surface area contributed by atoms with Gasteiger partial charge in [-0.1, -0.05) is 13.0 Å². The molecule has 0 aromatic carbocycles. The van der Waals surface area contributed by atoms with Crippen LogP contribution in [0.25, 0.3) is 0 Å². The molecule has 7 nitrogen and oxygen atoms in total. The zero-order valence-electron chi connectivity index (χ0n) is 15.9. The van der Waals surface area contributed by atoms with Crippen LogP contribution in [0.1, 0.15) is 37.0 Å². The summed E-state index contributed by atoms with van der Waals surface area (Å²) in [6.45, 7) is 4.26. The maximum Gasteiger partial charge on any atom is 0.213 e. The third-order valence-corrected chi connectivity index (χ3v) is 6.75. The topological polar surface area (TPSA) is 91.8 Å². The van der Waals surface area contributed by atoms with E-state index in [1.807, 2.05) is 6.07 Å². The minimum atomic E-state index is -3.33. The SMILES string of the molecule is CN=C(NCCS(=O)(=O)NCC1CCCCO1)NCC(C)c1cccs1.I. The van der Waals surface area contributed by atoms with Gasteiger partial charge in [0.1, 0.15) is 0 Å². The first-order valence-electron chi connectivity index (χ1n) is 9.07. The van der Waals surface area contributed by atoms with E-state index < -0.39 is 10.0 Å². The number of thiophene rings is 1. The number of nitrogens with zero attached hydrogens (tertiary/aromatic N) is 1. The van der Waals surface area contributed by atoms with Gasteiger partial charge in [-0.25, -0.2) is 13.1 Å². The fourth-order valence-corrected chi connectivity index (χ4v) is 4.45. The Kier molecular flexibility index (Phi) is 11.8. The number of guanidine groups is 1. The van der Waals surface area contributed by atoms with Crippen LogP contribution in [-0.4, -0.2) is 59.5 Å². The van der Waals surface area contributed by atoms with Crippen molar-refractivity contribution in [1.82, 2.24) is 15.4 Å². The molecule has 2 atom stereocenters. The normalized spacial score (nSPS) is 19.2. The Morgan fingerprint density at radius 2 is 2.22 bits per heavy atom. The van der Waals surface area contributed by atoms with Crippen molar-refractivity contribution in [3.05, 3.63) is 22.4 Å². The summed E-state index contributed by atoms with van der Waals surface area (Å²) in [6.07, 6.45) is 3.07. The van der Waals surface area contributed by atoms with Crippen LogP contribution in [0.5, 0.6) is 0 Å². The summed E-state index contributed by atoms with van der Waals surface area (Å²) in [7, 11) is -1.65. The molecule has 0 aliphatic carbocycles. The van der Waals surface area contributed by atoms with Crippen molar-refractivity contribution >= 4 is 51.3 Å². The third-order valence-electron chi connectivity index (χ3n) is 4.30. The fraction of sp³-hybridized carbons (Fsp3) is 0.706. The second-order valence-electron chi connectivity index (χ2n) is 6.45. The summed E-state index contributed by atoms with van der Waals surface area (Å²) in [5.41, 5.74) is 0. The highest BCUT2D eigenvalue weighted by molar-refractivity contribution is 14.0. The van der Waals surface area contributed by atoms with Crippen LogP contribution >= 0.6 is 35.3 Å². The lowest BCUT2D eigenvalue weighted by Crippen LogP contribution is -2.43. The quantitative estimate of drug-likeness (QED) is 0.259. The largest absolute Gasteiger partial charge is 0.377 e. The van der Waals surface area contributed by atoms with Crippen molar-refractivity contribution in [2.24, 2.45) is 4.99 Å². The first-order valence-corrected chi connectivity index (χ1v) is 11.6. The molecule has 1 aromatic heterocycles. The van der Waals surface area contributed by atoms with Crippen molar-refractivity contribution < 1.29 is 13.2 Å². The first-order chi connectivity index (χ1) is 12.5. The number of halogens is 1. The Hall–Kier alpha value is -0.430. The second-order valence-corrected chi connectivity index (χ2v) is 9.36. The number of aliphatic imine (C=N–C) groups is 1. The highest BCUT2D eigenvalue weighted by Gasteiger charge is 2.17. The van der Waals surface area contributed by atoms with Crippen molar-refractivity contribution in [1.29, 1.82) is 0 Å². The van der Waals surface area contributed by atoms with E-state index in [-0.39, 0.29) is 35.8 Å². The Morgan fingerprint density at radius 3 is 2.85 bits per heavy atom. The second kappa shape index (κ2) is 12.9. The van der Waals surface area contributed by atoms with Crippen LogP contribution in [0.15, 0.2) is 22.5 Å². The van der Waals surface area contributed by atoms with Crippen LogP contribution in [0.4, 0.5) is 0 Å². The molecule has 1 saturated heterocycles. The molecule has 2 unspecified atom stereocenters. The number of sulfonamides is 1. The van der Waals surface area contributed by atoms with Crippen molar-refractivity contribution in [3.8, 4) is 0 Å². The predicted octanol–water partition coefficient (Wildman–Crippen LogP) is 2.12. The van der Waals surface area contributed by atoms with E-state index in [4.69, 9.17) is 4.74 Å². The van der Waals surface area contributed by atoms with E-state index >= 15 is 0 Å². The van der Waals surface area contributed by atoms with Gasteiger partial charge in [-0.15, -0.1) is 35.3 Å².